The van der Waals surface area contributed by atoms with Crippen molar-refractivity contribution in [1.82, 2.24) is 10.9 Å². The molecule has 2 aromatic rings. The van der Waals surface area contributed by atoms with E-state index in [0.717, 1.165) is 6.07 Å². The summed E-state index contributed by atoms with van der Waals surface area (Å²) < 4.78 is 18.0. The third-order valence-corrected chi connectivity index (χ3v) is 2.61. The van der Waals surface area contributed by atoms with Gasteiger partial charge in [-0.15, -0.1) is 0 Å². The van der Waals surface area contributed by atoms with Gasteiger partial charge in [0.05, 0.1) is 0 Å². The van der Waals surface area contributed by atoms with Crippen LogP contribution in [0, 0.1) is 5.82 Å². The minimum Gasteiger partial charge on any atom is -0.508 e. The zero-order valence-electron chi connectivity index (χ0n) is 11.4. The van der Waals surface area contributed by atoms with Crippen molar-refractivity contribution in [2.24, 2.45) is 0 Å². The first-order valence-electron chi connectivity index (χ1n) is 6.31. The van der Waals surface area contributed by atoms with Crippen LogP contribution in [0.3, 0.4) is 0 Å². The van der Waals surface area contributed by atoms with Gasteiger partial charge < -0.3 is 9.84 Å². The average Bonchev–Trinajstić information content (AvgIpc) is 2.51. The maximum Gasteiger partial charge on any atom is 0.276 e. The summed E-state index contributed by atoms with van der Waals surface area (Å²) in [5.41, 5.74) is 4.62. The summed E-state index contributed by atoms with van der Waals surface area (Å²) in [5.74, 6) is -1.38. The molecule has 2 aromatic carbocycles. The van der Waals surface area contributed by atoms with Crippen LogP contribution in [0.5, 0.6) is 11.5 Å². The van der Waals surface area contributed by atoms with Crippen LogP contribution in [0.1, 0.15) is 10.4 Å². The van der Waals surface area contributed by atoms with Crippen molar-refractivity contribution in [3.05, 3.63) is 59.9 Å². The van der Waals surface area contributed by atoms with E-state index >= 15 is 0 Å². The summed E-state index contributed by atoms with van der Waals surface area (Å²) in [5, 5.41) is 9.11. The highest BCUT2D eigenvalue weighted by Crippen LogP contribution is 2.11. The fourth-order valence-corrected chi connectivity index (χ4v) is 1.55. The third-order valence-electron chi connectivity index (χ3n) is 2.61. The highest BCUT2D eigenvalue weighted by Gasteiger charge is 2.08. The molecule has 7 heteroatoms. The standard InChI is InChI=1S/C15H13FN2O4/c16-11-2-1-3-13(8-11)22-9-14(20)17-18-15(21)10-4-6-12(19)7-5-10/h1-8,19H,9H2,(H,17,20)(H,18,21). The van der Waals surface area contributed by atoms with Gasteiger partial charge in [-0.1, -0.05) is 6.07 Å². The molecule has 114 valence electrons. The lowest BCUT2D eigenvalue weighted by Gasteiger charge is -2.09. The first-order chi connectivity index (χ1) is 10.5. The van der Waals surface area contributed by atoms with Crippen LogP contribution in [-0.2, 0) is 4.79 Å². The molecule has 0 saturated carbocycles. The summed E-state index contributed by atoms with van der Waals surface area (Å²) >= 11 is 0. The number of aromatic hydroxyl groups is 1. The SMILES string of the molecule is O=C(COc1cccc(F)c1)NNC(=O)c1ccc(O)cc1. The van der Waals surface area contributed by atoms with Gasteiger partial charge in [0.2, 0.25) is 0 Å². The van der Waals surface area contributed by atoms with Gasteiger partial charge in [0.1, 0.15) is 17.3 Å². The summed E-state index contributed by atoms with van der Waals surface area (Å²) in [6, 6.07) is 10.9. The van der Waals surface area contributed by atoms with Gasteiger partial charge in [-0.2, -0.15) is 0 Å². The summed E-state index contributed by atoms with van der Waals surface area (Å²) in [4.78, 5) is 23.2. The number of ether oxygens (including phenoxy) is 1. The number of benzene rings is 2. The Hall–Kier alpha value is -3.09. The topological polar surface area (TPSA) is 87.7 Å². The number of carbonyl (C=O) groups excluding carboxylic acids is 2. The Balaban J connectivity index is 1.78. The van der Waals surface area contributed by atoms with Crippen molar-refractivity contribution in [3.8, 4) is 11.5 Å². The number of nitrogens with one attached hydrogen (secondary N) is 2. The Morgan fingerprint density at radius 2 is 1.82 bits per heavy atom. The highest BCUT2D eigenvalue weighted by atomic mass is 19.1. The largest absolute Gasteiger partial charge is 0.508 e. The maximum atomic E-state index is 12.9. The number of amides is 2. The molecule has 0 fully saturated rings. The van der Waals surface area contributed by atoms with Crippen molar-refractivity contribution >= 4 is 11.8 Å². The summed E-state index contributed by atoms with van der Waals surface area (Å²) in [7, 11) is 0. The molecule has 0 aromatic heterocycles. The summed E-state index contributed by atoms with van der Waals surface area (Å²) in [6.07, 6.45) is 0. The molecule has 0 saturated heterocycles. The number of hydrogen-bond donors (Lipinski definition) is 3. The number of hydrogen-bond acceptors (Lipinski definition) is 4. The number of halogens is 1. The third kappa shape index (κ3) is 4.48. The van der Waals surface area contributed by atoms with Gasteiger partial charge in [0, 0.05) is 11.6 Å². The van der Waals surface area contributed by atoms with E-state index in [1.165, 1.54) is 42.5 Å². The maximum absolute atomic E-state index is 12.9. The molecule has 0 aliphatic heterocycles. The minimum absolute atomic E-state index is 0.0316. The summed E-state index contributed by atoms with van der Waals surface area (Å²) in [6.45, 7) is -0.376. The second-order valence-corrected chi connectivity index (χ2v) is 4.30. The smallest absolute Gasteiger partial charge is 0.276 e. The molecule has 0 radical (unpaired) electrons. The van der Waals surface area contributed by atoms with Gasteiger partial charge >= 0.3 is 0 Å². The predicted molar refractivity (Wildman–Crippen MR) is 75.6 cm³/mol. The molecule has 0 bridgehead atoms. The Labute approximate surface area is 125 Å². The van der Waals surface area contributed by atoms with Gasteiger partial charge in [-0.25, -0.2) is 4.39 Å². The molecule has 0 heterocycles. The van der Waals surface area contributed by atoms with Crippen LogP contribution >= 0.6 is 0 Å². The lowest BCUT2D eigenvalue weighted by atomic mass is 10.2. The van der Waals surface area contributed by atoms with Crippen LogP contribution in [0.4, 0.5) is 4.39 Å². The van der Waals surface area contributed by atoms with Gasteiger partial charge in [-0.3, -0.25) is 20.4 Å². The Morgan fingerprint density at radius 3 is 2.50 bits per heavy atom. The molecule has 2 amide bonds. The molecule has 0 aliphatic carbocycles. The molecule has 0 atom stereocenters. The first-order valence-corrected chi connectivity index (χ1v) is 6.31. The van der Waals surface area contributed by atoms with E-state index in [-0.39, 0.29) is 23.7 Å². The molecule has 0 aliphatic rings. The Kier molecular flexibility index (Phi) is 4.92. The molecule has 0 unspecified atom stereocenters. The normalized spacial score (nSPS) is 9.86. The van der Waals surface area contributed by atoms with Gasteiger partial charge in [0.25, 0.3) is 11.8 Å². The lowest BCUT2D eigenvalue weighted by molar-refractivity contribution is -0.123. The zero-order valence-corrected chi connectivity index (χ0v) is 11.4. The van der Waals surface area contributed by atoms with Crippen LogP contribution in [0.15, 0.2) is 48.5 Å². The molecule has 0 spiro atoms. The molecular weight excluding hydrogens is 291 g/mol. The fourth-order valence-electron chi connectivity index (χ4n) is 1.55. The van der Waals surface area contributed by atoms with Crippen LogP contribution in [-0.4, -0.2) is 23.5 Å². The molecule has 3 N–H and O–H groups in total. The van der Waals surface area contributed by atoms with Crippen LogP contribution < -0.4 is 15.6 Å². The van der Waals surface area contributed by atoms with Crippen molar-refractivity contribution in [2.75, 3.05) is 6.61 Å². The first kappa shape index (κ1) is 15.3. The second-order valence-electron chi connectivity index (χ2n) is 4.30. The van der Waals surface area contributed by atoms with Crippen LogP contribution in [0.25, 0.3) is 0 Å². The van der Waals surface area contributed by atoms with E-state index < -0.39 is 17.6 Å². The van der Waals surface area contributed by atoms with Crippen molar-refractivity contribution < 1.29 is 23.8 Å². The Morgan fingerprint density at radius 1 is 1.09 bits per heavy atom. The number of phenols is 1. The van der Waals surface area contributed by atoms with Gasteiger partial charge in [-0.05, 0) is 36.4 Å². The van der Waals surface area contributed by atoms with Crippen molar-refractivity contribution in [3.63, 3.8) is 0 Å². The van der Waals surface area contributed by atoms with E-state index in [0.29, 0.717) is 0 Å². The van der Waals surface area contributed by atoms with E-state index in [1.807, 2.05) is 0 Å². The lowest BCUT2D eigenvalue weighted by Crippen LogP contribution is -2.43. The van der Waals surface area contributed by atoms with Crippen molar-refractivity contribution in [2.45, 2.75) is 0 Å². The quantitative estimate of drug-likeness (QED) is 0.745. The number of carbonyl (C=O) groups is 2. The number of rotatable bonds is 4. The van der Waals surface area contributed by atoms with E-state index in [4.69, 9.17) is 9.84 Å². The van der Waals surface area contributed by atoms with Crippen LogP contribution in [0.2, 0.25) is 0 Å². The van der Waals surface area contributed by atoms with Crippen molar-refractivity contribution in [1.29, 1.82) is 0 Å². The molecule has 6 nitrogen and oxygen atoms in total. The monoisotopic (exact) mass is 304 g/mol. The van der Waals surface area contributed by atoms with Gasteiger partial charge in [0.15, 0.2) is 6.61 Å². The molecule has 22 heavy (non-hydrogen) atoms. The van der Waals surface area contributed by atoms with E-state index in [9.17, 15) is 14.0 Å². The molecule has 2 rings (SSSR count). The highest BCUT2D eigenvalue weighted by molar-refractivity contribution is 5.95. The predicted octanol–water partition coefficient (Wildman–Crippen LogP) is 1.37. The van der Waals surface area contributed by atoms with E-state index in [2.05, 4.69) is 10.9 Å². The zero-order chi connectivity index (χ0) is 15.9. The molecular formula is C15H13FN2O4. The fraction of sp³-hybridized carbons (Fsp3) is 0.0667. The number of hydrazine groups is 1. The second kappa shape index (κ2) is 7.07. The minimum atomic E-state index is -0.601. The number of phenolic OH excluding ortho intramolecular Hbond substituents is 1. The Bertz CT molecular complexity index is 673. The van der Waals surface area contributed by atoms with E-state index in [1.54, 1.807) is 0 Å². The average molecular weight is 304 g/mol.